The van der Waals surface area contributed by atoms with Crippen molar-refractivity contribution in [3.05, 3.63) is 52.8 Å². The van der Waals surface area contributed by atoms with Crippen LogP contribution in [0.25, 0.3) is 0 Å². The first-order chi connectivity index (χ1) is 17.2. The van der Waals surface area contributed by atoms with Crippen LogP contribution in [0.1, 0.15) is 143 Å². The van der Waals surface area contributed by atoms with E-state index in [1.807, 2.05) is 5.20 Å². The van der Waals surface area contributed by atoms with Gasteiger partial charge < -0.3 is 37.2 Å². The molecule has 0 aromatic heterocycles. The van der Waals surface area contributed by atoms with Crippen molar-refractivity contribution >= 4 is 14.7 Å². The van der Waals surface area contributed by atoms with Crippen molar-refractivity contribution < 1.29 is 58.9 Å². The number of hydrogen-bond donors (Lipinski definition) is 0. The molecular formula is C34H57Cl3SiTi. The summed E-state index contributed by atoms with van der Waals surface area (Å²) in [6.45, 7) is 9.40. The van der Waals surface area contributed by atoms with E-state index in [1.165, 1.54) is 121 Å². The topological polar surface area (TPSA) is 0 Å². The van der Waals surface area contributed by atoms with Crippen LogP contribution in [0, 0.1) is 17.9 Å². The molecule has 1 aromatic rings. The van der Waals surface area contributed by atoms with Crippen molar-refractivity contribution in [1.29, 1.82) is 0 Å². The van der Waals surface area contributed by atoms with Gasteiger partial charge in [0.15, 0.2) is 0 Å². The van der Waals surface area contributed by atoms with E-state index in [0.717, 1.165) is 0 Å². The molecule has 39 heavy (non-hydrogen) atoms. The minimum atomic E-state index is -0.384. The van der Waals surface area contributed by atoms with Crippen molar-refractivity contribution in [2.24, 2.45) is 11.8 Å². The third-order valence-electron chi connectivity index (χ3n) is 8.31. The van der Waals surface area contributed by atoms with Gasteiger partial charge in [-0.2, -0.15) is 5.57 Å². The summed E-state index contributed by atoms with van der Waals surface area (Å²) in [4.78, 5) is 0. The average molecular weight is 648 g/mol. The maximum atomic E-state index is 3.86. The smallest absolute Gasteiger partial charge is 1.00 e. The largest absolute Gasteiger partial charge is 4.00 e. The Morgan fingerprint density at radius 2 is 1.13 bits per heavy atom. The minimum Gasteiger partial charge on any atom is -1.00 e. The zero-order chi connectivity index (χ0) is 25.1. The molecule has 222 valence electrons. The molecule has 0 radical (unpaired) electrons. The van der Waals surface area contributed by atoms with Gasteiger partial charge in [0.25, 0.3) is 0 Å². The zero-order valence-corrected chi connectivity index (χ0v) is 30.9. The number of allylic oxidation sites excluding steroid dienone is 4. The third-order valence-corrected chi connectivity index (χ3v) is 10.4. The van der Waals surface area contributed by atoms with Crippen molar-refractivity contribution in [2.75, 3.05) is 0 Å². The molecule has 1 aliphatic carbocycles. The number of benzene rings is 1. The number of rotatable bonds is 21. The number of hydrogen-bond acceptors (Lipinski definition) is 0. The van der Waals surface area contributed by atoms with Gasteiger partial charge in [0.2, 0.25) is 0 Å². The summed E-state index contributed by atoms with van der Waals surface area (Å²) in [5.74, 6) is 1.35. The molecule has 0 bridgehead atoms. The van der Waals surface area contributed by atoms with Crippen molar-refractivity contribution in [3.8, 4) is 0 Å². The molecule has 0 amide bonds. The molecule has 0 nitrogen and oxygen atoms in total. The molecule has 0 fully saturated rings. The molecule has 5 heteroatoms. The van der Waals surface area contributed by atoms with Crippen molar-refractivity contribution in [1.82, 2.24) is 0 Å². The fourth-order valence-electron chi connectivity index (χ4n) is 5.79. The minimum absolute atomic E-state index is 0. The van der Waals surface area contributed by atoms with Gasteiger partial charge in [-0.3, -0.25) is 0 Å². The van der Waals surface area contributed by atoms with E-state index in [4.69, 9.17) is 0 Å². The van der Waals surface area contributed by atoms with Gasteiger partial charge in [-0.1, -0.05) is 191 Å². The van der Waals surface area contributed by atoms with E-state index in [1.54, 1.807) is 10.8 Å². The Kier molecular flexibility index (Phi) is 32.2. The molecule has 2 atom stereocenters. The van der Waals surface area contributed by atoms with Gasteiger partial charge in [0.1, 0.15) is 0 Å². The second-order valence-electron chi connectivity index (χ2n) is 11.4. The van der Waals surface area contributed by atoms with Gasteiger partial charge in [-0.25, -0.2) is 16.8 Å². The second-order valence-corrected chi connectivity index (χ2v) is 13.3. The van der Waals surface area contributed by atoms with Crippen LogP contribution in [0.2, 0.25) is 0 Å². The van der Waals surface area contributed by atoms with Crippen LogP contribution in [0.4, 0.5) is 0 Å². The quantitative estimate of drug-likeness (QED) is 0.105. The molecule has 0 saturated carbocycles. The SMILES string of the molecule is CCCCCCCCCCCCCCCCCCC1C(C)=[C-]C(C(C)CC)=C1[SiH2]c1ccccc1.[Cl-].[Cl-].[Cl-].[Ti+4]. The first-order valence-corrected chi connectivity index (χ1v) is 17.0. The standard InChI is InChI=1S/C34H57Si.3ClH.Ti/c1-5-7-8-9-10-11-12-13-14-15-16-17-18-19-20-24-27-32-30(4)28-33(29(3)6-2)34(32)35-31-25-22-21-23-26-31;;;;/h21-23,25-26,29,32H,5-20,24,27,35H2,1-4H3;3*1H;/q-1;;;;+4/p-3. The van der Waals surface area contributed by atoms with Crippen LogP contribution in [0.15, 0.2) is 46.7 Å². The van der Waals surface area contributed by atoms with Gasteiger partial charge in [0, 0.05) is 0 Å². The molecule has 0 aliphatic heterocycles. The Labute approximate surface area is 279 Å². The van der Waals surface area contributed by atoms with Crippen LogP contribution in [0.5, 0.6) is 0 Å². The number of halogens is 3. The Balaban J connectivity index is -0.00000324. The van der Waals surface area contributed by atoms with E-state index < -0.39 is 0 Å². The summed E-state index contributed by atoms with van der Waals surface area (Å²) in [6.07, 6.45) is 29.6. The van der Waals surface area contributed by atoms with Crippen molar-refractivity contribution in [2.45, 2.75) is 143 Å². The zero-order valence-electron chi connectivity index (χ0n) is 25.6. The fraction of sp³-hybridized carbons (Fsp3) is 0.706. The summed E-state index contributed by atoms with van der Waals surface area (Å²) in [5, 5.41) is 3.40. The van der Waals surface area contributed by atoms with Crippen LogP contribution in [0.3, 0.4) is 0 Å². The Morgan fingerprint density at radius 3 is 1.56 bits per heavy atom. The summed E-state index contributed by atoms with van der Waals surface area (Å²) >= 11 is 0. The van der Waals surface area contributed by atoms with Crippen LogP contribution >= 0.6 is 0 Å². The summed E-state index contributed by atoms with van der Waals surface area (Å²) in [5.41, 5.74) is 3.11. The van der Waals surface area contributed by atoms with Gasteiger partial charge in [-0.05, 0) is 9.52 Å². The van der Waals surface area contributed by atoms with Crippen molar-refractivity contribution in [3.63, 3.8) is 0 Å². The maximum absolute atomic E-state index is 3.86. The first kappa shape index (κ1) is 43.9. The Bertz CT molecular complexity index is 735. The molecule has 1 aliphatic rings. The van der Waals surface area contributed by atoms with E-state index >= 15 is 0 Å². The summed E-state index contributed by atoms with van der Waals surface area (Å²) < 4.78 is 0. The molecule has 0 saturated heterocycles. The molecule has 2 unspecified atom stereocenters. The molecule has 1 aromatic carbocycles. The molecule has 0 heterocycles. The van der Waals surface area contributed by atoms with E-state index in [9.17, 15) is 0 Å². The first-order valence-electron chi connectivity index (χ1n) is 15.5. The third kappa shape index (κ3) is 18.6. The molecule has 0 N–H and O–H groups in total. The van der Waals surface area contributed by atoms with Crippen LogP contribution < -0.4 is 42.4 Å². The predicted molar refractivity (Wildman–Crippen MR) is 161 cm³/mol. The predicted octanol–water partition coefficient (Wildman–Crippen LogP) is 0.821. The van der Waals surface area contributed by atoms with E-state index in [-0.39, 0.29) is 68.5 Å². The van der Waals surface area contributed by atoms with Gasteiger partial charge in [0.05, 0.1) is 0 Å². The number of unbranched alkanes of at least 4 members (excludes halogenated alkanes) is 15. The van der Waals surface area contributed by atoms with Crippen LogP contribution in [-0.4, -0.2) is 9.52 Å². The summed E-state index contributed by atoms with van der Waals surface area (Å²) in [7, 11) is -0.384. The Morgan fingerprint density at radius 1 is 0.692 bits per heavy atom. The molecular weight excluding hydrogens is 591 g/mol. The second kappa shape index (κ2) is 28.6. The Hall–Kier alpha value is 0.501. The van der Waals surface area contributed by atoms with Gasteiger partial charge >= 0.3 is 21.7 Å². The van der Waals surface area contributed by atoms with E-state index in [0.29, 0.717) is 11.8 Å². The average Bonchev–Trinajstić information content (AvgIpc) is 3.18. The molecule has 0 spiro atoms. The monoisotopic (exact) mass is 646 g/mol. The normalized spacial score (nSPS) is 15.3. The van der Waals surface area contributed by atoms with Crippen LogP contribution in [-0.2, 0) is 21.7 Å². The maximum Gasteiger partial charge on any atom is 4.00 e. The van der Waals surface area contributed by atoms with E-state index in [2.05, 4.69) is 64.1 Å². The fourth-order valence-corrected chi connectivity index (χ4v) is 8.13. The summed E-state index contributed by atoms with van der Waals surface area (Å²) in [6, 6.07) is 11.3. The molecule has 2 rings (SSSR count). The van der Waals surface area contributed by atoms with Gasteiger partial charge in [-0.15, -0.1) is 0 Å².